The highest BCUT2D eigenvalue weighted by atomic mass is 32.1. The molecule has 0 saturated heterocycles. The summed E-state index contributed by atoms with van der Waals surface area (Å²) in [5, 5.41) is 5.63. The number of hydrogen-bond donors (Lipinski definition) is 2. The van der Waals surface area contributed by atoms with Crippen LogP contribution in [0.3, 0.4) is 0 Å². The van der Waals surface area contributed by atoms with Crippen LogP contribution in [0.1, 0.15) is 61.3 Å². The summed E-state index contributed by atoms with van der Waals surface area (Å²) in [6.07, 6.45) is 3.95. The summed E-state index contributed by atoms with van der Waals surface area (Å²) in [7, 11) is 0. The highest BCUT2D eigenvalue weighted by molar-refractivity contribution is 7.17. The highest BCUT2D eigenvalue weighted by Crippen LogP contribution is 2.40. The van der Waals surface area contributed by atoms with Crippen LogP contribution in [-0.2, 0) is 22.4 Å². The van der Waals surface area contributed by atoms with Crippen LogP contribution in [0, 0.1) is 5.92 Å². The number of fused-ring (bicyclic) bond motifs is 1. The van der Waals surface area contributed by atoms with Gasteiger partial charge in [-0.2, -0.15) is 0 Å². The number of nitrogens with one attached hydrogen (secondary N) is 1. The number of thiophene rings is 1. The van der Waals surface area contributed by atoms with Crippen LogP contribution in [0.2, 0.25) is 0 Å². The molecule has 0 aliphatic heterocycles. The van der Waals surface area contributed by atoms with Gasteiger partial charge in [-0.3, -0.25) is 4.79 Å². The lowest BCUT2D eigenvalue weighted by Gasteiger charge is -2.18. The van der Waals surface area contributed by atoms with E-state index in [1.165, 1.54) is 4.88 Å². The number of anilines is 1. The van der Waals surface area contributed by atoms with E-state index in [1.54, 1.807) is 18.3 Å². The van der Waals surface area contributed by atoms with Gasteiger partial charge in [0, 0.05) is 4.88 Å². The van der Waals surface area contributed by atoms with Crippen molar-refractivity contribution in [3.05, 3.63) is 16.0 Å². The Morgan fingerprint density at radius 3 is 2.83 bits per heavy atom. The molecule has 0 bridgehead atoms. The predicted molar refractivity (Wildman–Crippen MR) is 96.6 cm³/mol. The zero-order valence-corrected chi connectivity index (χ0v) is 15.9. The van der Waals surface area contributed by atoms with Crippen LogP contribution in [0.25, 0.3) is 0 Å². The van der Waals surface area contributed by atoms with Gasteiger partial charge in [0.1, 0.15) is 5.00 Å². The zero-order chi connectivity index (χ0) is 17.7. The Morgan fingerprint density at radius 2 is 2.17 bits per heavy atom. The Morgan fingerprint density at radius 1 is 1.42 bits per heavy atom. The second kappa shape index (κ2) is 8.62. The summed E-state index contributed by atoms with van der Waals surface area (Å²) in [6.45, 7) is 8.95. The van der Waals surface area contributed by atoms with Crippen LogP contribution < -0.4 is 10.6 Å². The molecule has 1 aliphatic rings. The summed E-state index contributed by atoms with van der Waals surface area (Å²) >= 11 is 1.54. The van der Waals surface area contributed by atoms with Gasteiger partial charge in [0.05, 0.1) is 18.2 Å². The first-order chi connectivity index (χ1) is 11.5. The summed E-state index contributed by atoms with van der Waals surface area (Å²) in [5.74, 6) is 0.242. The van der Waals surface area contributed by atoms with E-state index in [-0.39, 0.29) is 11.9 Å². The standard InChI is InChI=1S/C18H28N2O3S/c1-5-12(4)19-10-15(21)20-17-16(18(22)23-6-2)13-8-7-11(3)9-14(13)24-17/h11-12,19H,5-10H2,1-4H3,(H,20,21)/p+1/t11-,12-/m1/s1. The molecule has 1 heterocycles. The molecule has 1 aromatic rings. The van der Waals surface area contributed by atoms with E-state index in [1.807, 2.05) is 5.32 Å². The third-order valence-corrected chi connectivity index (χ3v) is 5.76. The fourth-order valence-electron chi connectivity index (χ4n) is 2.91. The lowest BCUT2D eigenvalue weighted by molar-refractivity contribution is -0.675. The SMILES string of the molecule is CCOC(=O)c1c(NC(=O)C[NH2+][C@H](C)CC)sc2c1CC[C@@H](C)C2. The molecule has 1 aliphatic carbocycles. The average molecular weight is 354 g/mol. The van der Waals surface area contributed by atoms with Crippen LogP contribution in [0.15, 0.2) is 0 Å². The number of hydrogen-bond acceptors (Lipinski definition) is 4. The third-order valence-electron chi connectivity index (χ3n) is 4.59. The van der Waals surface area contributed by atoms with E-state index in [0.717, 1.165) is 31.2 Å². The van der Waals surface area contributed by atoms with Gasteiger partial charge >= 0.3 is 5.97 Å². The highest BCUT2D eigenvalue weighted by Gasteiger charge is 2.29. The zero-order valence-electron chi connectivity index (χ0n) is 15.1. The molecule has 2 atom stereocenters. The van der Waals surface area contributed by atoms with Crippen LogP contribution in [-0.4, -0.2) is 31.1 Å². The second-order valence-electron chi connectivity index (χ2n) is 6.65. The van der Waals surface area contributed by atoms with Crippen molar-refractivity contribution >= 4 is 28.2 Å². The molecule has 0 spiro atoms. The second-order valence-corrected chi connectivity index (χ2v) is 7.76. The molecule has 3 N–H and O–H groups in total. The van der Waals surface area contributed by atoms with Crippen molar-refractivity contribution < 1.29 is 19.6 Å². The monoisotopic (exact) mass is 353 g/mol. The van der Waals surface area contributed by atoms with Crippen molar-refractivity contribution in [3.8, 4) is 0 Å². The number of esters is 1. The van der Waals surface area contributed by atoms with E-state index in [4.69, 9.17) is 4.74 Å². The van der Waals surface area contributed by atoms with E-state index in [9.17, 15) is 9.59 Å². The van der Waals surface area contributed by atoms with Gasteiger partial charge in [0.15, 0.2) is 6.54 Å². The number of ether oxygens (including phenoxy) is 1. The Labute approximate surface area is 148 Å². The number of carbonyl (C=O) groups is 2. The summed E-state index contributed by atoms with van der Waals surface area (Å²) in [6, 6.07) is 0.415. The summed E-state index contributed by atoms with van der Waals surface area (Å²) in [5.41, 5.74) is 1.67. The van der Waals surface area contributed by atoms with Crippen LogP contribution in [0.5, 0.6) is 0 Å². The maximum absolute atomic E-state index is 12.4. The average Bonchev–Trinajstić information content (AvgIpc) is 2.89. The number of carbonyl (C=O) groups excluding carboxylic acids is 2. The maximum atomic E-state index is 12.4. The molecule has 1 aromatic heterocycles. The molecule has 2 rings (SSSR count). The number of amides is 1. The fraction of sp³-hybridized carbons (Fsp3) is 0.667. The molecule has 0 fully saturated rings. The minimum Gasteiger partial charge on any atom is -0.462 e. The molecule has 0 radical (unpaired) electrons. The van der Waals surface area contributed by atoms with Crippen molar-refractivity contribution in [2.24, 2.45) is 5.92 Å². The molecule has 134 valence electrons. The van der Waals surface area contributed by atoms with E-state index in [2.05, 4.69) is 26.1 Å². The van der Waals surface area contributed by atoms with Crippen molar-refractivity contribution in [1.29, 1.82) is 0 Å². The molecule has 6 heteroatoms. The molecule has 0 aromatic carbocycles. The van der Waals surface area contributed by atoms with Gasteiger partial charge in [-0.25, -0.2) is 4.79 Å². The van der Waals surface area contributed by atoms with Crippen LogP contribution >= 0.6 is 11.3 Å². The van der Waals surface area contributed by atoms with E-state index < -0.39 is 0 Å². The van der Waals surface area contributed by atoms with Crippen LogP contribution in [0.4, 0.5) is 5.00 Å². The molecule has 5 nitrogen and oxygen atoms in total. The number of quaternary nitrogens is 1. The van der Waals surface area contributed by atoms with E-state index in [0.29, 0.717) is 35.7 Å². The smallest absolute Gasteiger partial charge is 0.341 e. The first kappa shape index (κ1) is 18.9. The van der Waals surface area contributed by atoms with Gasteiger partial charge in [0.2, 0.25) is 0 Å². The van der Waals surface area contributed by atoms with Crippen molar-refractivity contribution in [1.82, 2.24) is 0 Å². The quantitative estimate of drug-likeness (QED) is 0.739. The van der Waals surface area contributed by atoms with Crippen molar-refractivity contribution in [2.45, 2.75) is 59.4 Å². The van der Waals surface area contributed by atoms with Gasteiger partial charge in [-0.1, -0.05) is 13.8 Å². The molecule has 0 unspecified atom stereocenters. The molecular weight excluding hydrogens is 324 g/mol. The maximum Gasteiger partial charge on any atom is 0.341 e. The number of rotatable bonds is 7. The lowest BCUT2D eigenvalue weighted by Crippen LogP contribution is -2.90. The number of nitrogens with two attached hydrogens (primary N) is 1. The lowest BCUT2D eigenvalue weighted by atomic mass is 9.88. The summed E-state index contributed by atoms with van der Waals surface area (Å²) in [4.78, 5) is 25.9. The van der Waals surface area contributed by atoms with Crippen molar-refractivity contribution in [2.75, 3.05) is 18.5 Å². The van der Waals surface area contributed by atoms with Gasteiger partial charge in [0.25, 0.3) is 5.91 Å². The normalized spacial score (nSPS) is 17.9. The van der Waals surface area contributed by atoms with Gasteiger partial charge < -0.3 is 15.4 Å². The fourth-order valence-corrected chi connectivity index (χ4v) is 4.33. The Hall–Kier alpha value is -1.40. The molecule has 24 heavy (non-hydrogen) atoms. The first-order valence-electron chi connectivity index (χ1n) is 8.91. The van der Waals surface area contributed by atoms with Gasteiger partial charge in [-0.15, -0.1) is 11.3 Å². The van der Waals surface area contributed by atoms with Gasteiger partial charge in [-0.05, 0) is 51.0 Å². The first-order valence-corrected chi connectivity index (χ1v) is 9.72. The third kappa shape index (κ3) is 4.57. The van der Waals surface area contributed by atoms with Crippen molar-refractivity contribution in [3.63, 3.8) is 0 Å². The largest absolute Gasteiger partial charge is 0.462 e. The molecule has 0 saturated carbocycles. The molecular formula is C18H29N2O3S+. The minimum atomic E-state index is -0.314. The Balaban J connectivity index is 2.18. The summed E-state index contributed by atoms with van der Waals surface area (Å²) < 4.78 is 5.23. The van der Waals surface area contributed by atoms with E-state index >= 15 is 0 Å². The molecule has 1 amide bonds. The minimum absolute atomic E-state index is 0.0625. The Kier molecular flexibility index (Phi) is 6.80. The predicted octanol–water partition coefficient (Wildman–Crippen LogP) is 2.35. The Bertz CT molecular complexity index is 597. The topological polar surface area (TPSA) is 72.0 Å².